The monoisotopic (exact) mass is 366 g/mol. The Morgan fingerprint density at radius 2 is 1.89 bits per heavy atom. The Kier molecular flexibility index (Phi) is 5.20. The van der Waals surface area contributed by atoms with Gasteiger partial charge in [0.05, 0.1) is 12.3 Å². The van der Waals surface area contributed by atoms with Gasteiger partial charge in [-0.3, -0.25) is 4.79 Å². The number of hydrogen-bond donors (Lipinski definition) is 3. The number of nitrogens with one attached hydrogen (secondary N) is 1. The highest BCUT2D eigenvalue weighted by Gasteiger charge is 2.36. The van der Waals surface area contributed by atoms with E-state index in [2.05, 4.69) is 29.2 Å². The summed E-state index contributed by atoms with van der Waals surface area (Å²) >= 11 is 0. The Bertz CT molecular complexity index is 791. The maximum atomic E-state index is 12.5. The number of H-pyrrole nitrogens is 1. The molecule has 2 aliphatic carbocycles. The van der Waals surface area contributed by atoms with Gasteiger partial charge in [-0.25, -0.2) is 0 Å². The number of aromatic amines is 1. The van der Waals surface area contributed by atoms with Gasteiger partial charge in [0, 0.05) is 23.6 Å². The van der Waals surface area contributed by atoms with E-state index in [0.717, 1.165) is 43.7 Å². The minimum atomic E-state index is -0.463. The first-order valence-electron chi connectivity index (χ1n) is 10.3. The van der Waals surface area contributed by atoms with Crippen molar-refractivity contribution in [3.05, 3.63) is 58.9 Å². The molecule has 4 heteroatoms. The summed E-state index contributed by atoms with van der Waals surface area (Å²) < 4.78 is 0. The zero-order chi connectivity index (χ0) is 18.9. The molecule has 2 saturated carbocycles. The standard InChI is InChI=1S/C23H30N2O2/c24-23(15-26)13-12-19(14-23)20-10-11-21(25-20)22(27)3-1-2-16-4-6-17(7-5-16)18-8-9-18/h4-7,10-11,18-19,25-26H,1-3,8-9,12-15,24H2/t19-,23+/m0/s1. The first kappa shape index (κ1) is 18.5. The molecule has 27 heavy (non-hydrogen) atoms. The van der Waals surface area contributed by atoms with Gasteiger partial charge >= 0.3 is 0 Å². The largest absolute Gasteiger partial charge is 0.394 e. The highest BCUT2D eigenvalue weighted by Crippen LogP contribution is 2.40. The molecule has 4 rings (SSSR count). The lowest BCUT2D eigenvalue weighted by Crippen LogP contribution is -2.40. The van der Waals surface area contributed by atoms with Crippen molar-refractivity contribution in [1.82, 2.24) is 4.98 Å². The molecular formula is C23H30N2O2. The molecule has 2 atom stereocenters. The zero-order valence-electron chi connectivity index (χ0n) is 15.9. The number of ketones is 1. The summed E-state index contributed by atoms with van der Waals surface area (Å²) in [5.41, 5.74) is 10.3. The normalized spacial score (nSPS) is 25.0. The maximum Gasteiger partial charge on any atom is 0.179 e. The number of Topliss-reactive ketones (excluding diaryl/α,β-unsaturated/α-hetero) is 1. The fourth-order valence-electron chi connectivity index (χ4n) is 4.34. The summed E-state index contributed by atoms with van der Waals surface area (Å²) in [4.78, 5) is 15.8. The number of hydrogen-bond acceptors (Lipinski definition) is 3. The van der Waals surface area contributed by atoms with Gasteiger partial charge in [-0.1, -0.05) is 24.3 Å². The van der Waals surface area contributed by atoms with E-state index in [1.54, 1.807) is 0 Å². The smallest absolute Gasteiger partial charge is 0.179 e. The molecule has 2 aromatic rings. The summed E-state index contributed by atoms with van der Waals surface area (Å²) in [5.74, 6) is 1.29. The second kappa shape index (κ2) is 7.61. The van der Waals surface area contributed by atoms with Crippen LogP contribution in [0.5, 0.6) is 0 Å². The van der Waals surface area contributed by atoms with Crippen molar-refractivity contribution in [3.8, 4) is 0 Å². The van der Waals surface area contributed by atoms with Crippen molar-refractivity contribution >= 4 is 5.78 Å². The van der Waals surface area contributed by atoms with Crippen LogP contribution in [-0.2, 0) is 6.42 Å². The molecule has 1 aromatic heterocycles. The average Bonchev–Trinajstić information content (AvgIpc) is 3.27. The van der Waals surface area contributed by atoms with Gasteiger partial charge < -0.3 is 15.8 Å². The minimum absolute atomic E-state index is 0.0254. The summed E-state index contributed by atoms with van der Waals surface area (Å²) in [6.45, 7) is 0.0254. The van der Waals surface area contributed by atoms with E-state index in [1.165, 1.54) is 24.0 Å². The number of carbonyl (C=O) groups is 1. The quantitative estimate of drug-likeness (QED) is 0.617. The fraction of sp³-hybridized carbons (Fsp3) is 0.522. The molecule has 0 saturated heterocycles. The van der Waals surface area contributed by atoms with E-state index < -0.39 is 5.54 Å². The van der Waals surface area contributed by atoms with Crippen LogP contribution >= 0.6 is 0 Å². The highest BCUT2D eigenvalue weighted by atomic mass is 16.3. The van der Waals surface area contributed by atoms with Crippen LogP contribution in [0.4, 0.5) is 0 Å². The van der Waals surface area contributed by atoms with Gasteiger partial charge in [0.15, 0.2) is 5.78 Å². The van der Waals surface area contributed by atoms with Crippen molar-refractivity contribution in [2.75, 3.05) is 6.61 Å². The molecule has 0 spiro atoms. The number of carbonyl (C=O) groups excluding carboxylic acids is 1. The van der Waals surface area contributed by atoms with Crippen molar-refractivity contribution in [2.24, 2.45) is 5.73 Å². The maximum absolute atomic E-state index is 12.5. The van der Waals surface area contributed by atoms with Gasteiger partial charge in [0.2, 0.25) is 0 Å². The van der Waals surface area contributed by atoms with Gasteiger partial charge in [0.1, 0.15) is 0 Å². The van der Waals surface area contributed by atoms with Crippen LogP contribution in [0.25, 0.3) is 0 Å². The van der Waals surface area contributed by atoms with E-state index in [-0.39, 0.29) is 12.4 Å². The number of aromatic nitrogens is 1. The second-order valence-electron chi connectivity index (χ2n) is 8.58. The third-order valence-electron chi connectivity index (χ3n) is 6.31. The molecule has 4 nitrogen and oxygen atoms in total. The summed E-state index contributed by atoms with van der Waals surface area (Å²) in [6, 6.07) is 12.8. The Hall–Kier alpha value is -1.91. The first-order valence-corrected chi connectivity index (χ1v) is 10.3. The molecule has 0 aliphatic heterocycles. The number of rotatable bonds is 8. The highest BCUT2D eigenvalue weighted by molar-refractivity contribution is 5.94. The number of aryl methyl sites for hydroxylation is 1. The summed E-state index contributed by atoms with van der Waals surface area (Å²) in [6.07, 6.45) is 7.60. The number of aliphatic hydroxyl groups is 1. The molecular weight excluding hydrogens is 336 g/mol. The Morgan fingerprint density at radius 3 is 2.56 bits per heavy atom. The SMILES string of the molecule is N[C@]1(CO)CC[C@H](c2ccc(C(=O)CCCc3ccc(C4CC4)cc3)[nH]2)C1. The molecule has 2 fully saturated rings. The molecule has 0 radical (unpaired) electrons. The molecule has 2 aliphatic rings. The molecule has 144 valence electrons. The Balaban J connectivity index is 1.27. The molecule has 0 amide bonds. The topological polar surface area (TPSA) is 79.1 Å². The van der Waals surface area contributed by atoms with Crippen molar-refractivity contribution in [1.29, 1.82) is 0 Å². The van der Waals surface area contributed by atoms with Crippen LogP contribution in [0.3, 0.4) is 0 Å². The van der Waals surface area contributed by atoms with Gasteiger partial charge in [-0.05, 0) is 74.1 Å². The van der Waals surface area contributed by atoms with E-state index in [9.17, 15) is 9.90 Å². The fourth-order valence-corrected chi connectivity index (χ4v) is 4.34. The van der Waals surface area contributed by atoms with Crippen LogP contribution in [0.1, 0.15) is 84.1 Å². The van der Waals surface area contributed by atoms with Crippen LogP contribution in [0.15, 0.2) is 36.4 Å². The van der Waals surface area contributed by atoms with Crippen LogP contribution < -0.4 is 5.73 Å². The predicted octanol–water partition coefficient (Wildman–Crippen LogP) is 4.06. The molecule has 0 unspecified atom stereocenters. The molecule has 1 heterocycles. The zero-order valence-corrected chi connectivity index (χ0v) is 15.9. The van der Waals surface area contributed by atoms with Crippen molar-refractivity contribution < 1.29 is 9.90 Å². The van der Waals surface area contributed by atoms with Crippen molar-refractivity contribution in [2.45, 2.75) is 68.7 Å². The lowest BCUT2D eigenvalue weighted by Gasteiger charge is -2.20. The third kappa shape index (κ3) is 4.33. The van der Waals surface area contributed by atoms with Gasteiger partial charge in [0.25, 0.3) is 0 Å². The third-order valence-corrected chi connectivity index (χ3v) is 6.31. The molecule has 1 aromatic carbocycles. The minimum Gasteiger partial charge on any atom is -0.394 e. The molecule has 4 N–H and O–H groups in total. The van der Waals surface area contributed by atoms with E-state index >= 15 is 0 Å². The lowest BCUT2D eigenvalue weighted by atomic mass is 9.97. The van der Waals surface area contributed by atoms with Crippen LogP contribution in [0, 0.1) is 0 Å². The number of aliphatic hydroxyl groups excluding tert-OH is 1. The van der Waals surface area contributed by atoms with Gasteiger partial charge in [-0.15, -0.1) is 0 Å². The van der Waals surface area contributed by atoms with Crippen LogP contribution in [0.2, 0.25) is 0 Å². The van der Waals surface area contributed by atoms with E-state index in [1.807, 2.05) is 12.1 Å². The summed E-state index contributed by atoms with van der Waals surface area (Å²) in [7, 11) is 0. The van der Waals surface area contributed by atoms with Crippen molar-refractivity contribution in [3.63, 3.8) is 0 Å². The first-order chi connectivity index (χ1) is 13.1. The number of nitrogens with two attached hydrogens (primary N) is 1. The Labute approximate surface area is 161 Å². The Morgan fingerprint density at radius 1 is 1.11 bits per heavy atom. The van der Waals surface area contributed by atoms with Gasteiger partial charge in [-0.2, -0.15) is 0 Å². The van der Waals surface area contributed by atoms with E-state index in [4.69, 9.17) is 5.73 Å². The van der Waals surface area contributed by atoms with Crippen LogP contribution in [-0.4, -0.2) is 28.0 Å². The second-order valence-corrected chi connectivity index (χ2v) is 8.58. The predicted molar refractivity (Wildman–Crippen MR) is 107 cm³/mol. The van der Waals surface area contributed by atoms with E-state index in [0.29, 0.717) is 18.0 Å². The lowest BCUT2D eigenvalue weighted by molar-refractivity contribution is 0.0976. The molecule has 0 bridgehead atoms. The number of benzene rings is 1. The average molecular weight is 367 g/mol. The summed E-state index contributed by atoms with van der Waals surface area (Å²) in [5, 5.41) is 9.43.